The smallest absolute Gasteiger partial charge is 0.255 e. The molecule has 3 aromatic rings. The van der Waals surface area contributed by atoms with Crippen LogP contribution in [0.1, 0.15) is 21.5 Å². The first-order valence-corrected chi connectivity index (χ1v) is 7.58. The molecular formula is C20H19NO2. The summed E-state index contributed by atoms with van der Waals surface area (Å²) in [4.78, 5) is 12.6. The van der Waals surface area contributed by atoms with Crippen molar-refractivity contribution in [3.8, 4) is 5.75 Å². The zero-order chi connectivity index (χ0) is 16.2. The van der Waals surface area contributed by atoms with E-state index in [1.807, 2.05) is 67.6 Å². The van der Waals surface area contributed by atoms with E-state index in [-0.39, 0.29) is 5.91 Å². The molecule has 3 heteroatoms. The molecule has 1 N–H and O–H groups in total. The molecule has 0 heterocycles. The highest BCUT2D eigenvalue weighted by Gasteiger charge is 2.13. The number of aryl methyl sites for hydroxylation is 1. The second-order valence-corrected chi connectivity index (χ2v) is 5.51. The number of fused-ring (bicyclic) bond motifs is 1. The van der Waals surface area contributed by atoms with Gasteiger partial charge in [0.05, 0.1) is 12.7 Å². The molecule has 0 atom stereocenters. The number of carbonyl (C=O) groups is 1. The molecule has 3 rings (SSSR count). The molecular weight excluding hydrogens is 286 g/mol. The van der Waals surface area contributed by atoms with Gasteiger partial charge in [-0.1, -0.05) is 48.5 Å². The highest BCUT2D eigenvalue weighted by molar-refractivity contribution is 6.01. The summed E-state index contributed by atoms with van der Waals surface area (Å²) in [6, 6.07) is 19.7. The van der Waals surface area contributed by atoms with Gasteiger partial charge in [0, 0.05) is 6.54 Å². The predicted molar refractivity (Wildman–Crippen MR) is 92.8 cm³/mol. The summed E-state index contributed by atoms with van der Waals surface area (Å²) in [5, 5.41) is 5.05. The molecule has 0 aliphatic carbocycles. The minimum atomic E-state index is -0.129. The zero-order valence-electron chi connectivity index (χ0n) is 13.3. The van der Waals surface area contributed by atoms with E-state index in [4.69, 9.17) is 4.74 Å². The fourth-order valence-corrected chi connectivity index (χ4v) is 2.64. The number of ether oxygens (including phenoxy) is 1. The number of rotatable bonds is 4. The Morgan fingerprint density at radius 1 is 1.00 bits per heavy atom. The molecule has 0 saturated heterocycles. The number of benzene rings is 3. The number of hydrogen-bond donors (Lipinski definition) is 1. The van der Waals surface area contributed by atoms with E-state index in [9.17, 15) is 4.79 Å². The van der Waals surface area contributed by atoms with Crippen LogP contribution in [0.2, 0.25) is 0 Å². The highest BCUT2D eigenvalue weighted by Crippen LogP contribution is 2.26. The number of carbonyl (C=O) groups excluding carboxylic acids is 1. The molecule has 0 bridgehead atoms. The SMILES string of the molecule is COc1cc2ccccc2cc1C(=O)NCc1ccccc1C. The van der Waals surface area contributed by atoms with Crippen LogP contribution in [-0.2, 0) is 6.54 Å². The van der Waals surface area contributed by atoms with Gasteiger partial charge in [0.2, 0.25) is 0 Å². The molecule has 1 amide bonds. The first-order chi connectivity index (χ1) is 11.2. The second kappa shape index (κ2) is 6.53. The summed E-state index contributed by atoms with van der Waals surface area (Å²) in [5.74, 6) is 0.460. The van der Waals surface area contributed by atoms with Crippen molar-refractivity contribution in [2.24, 2.45) is 0 Å². The van der Waals surface area contributed by atoms with Crippen LogP contribution in [-0.4, -0.2) is 13.0 Å². The molecule has 3 aromatic carbocycles. The minimum absolute atomic E-state index is 0.129. The van der Waals surface area contributed by atoms with Crippen LogP contribution in [0.4, 0.5) is 0 Å². The Hall–Kier alpha value is -2.81. The van der Waals surface area contributed by atoms with Crippen LogP contribution in [0, 0.1) is 6.92 Å². The van der Waals surface area contributed by atoms with Gasteiger partial charge in [-0.3, -0.25) is 4.79 Å². The lowest BCUT2D eigenvalue weighted by molar-refractivity contribution is 0.0948. The van der Waals surface area contributed by atoms with Crippen LogP contribution in [0.5, 0.6) is 5.75 Å². The van der Waals surface area contributed by atoms with Crippen LogP contribution < -0.4 is 10.1 Å². The van der Waals surface area contributed by atoms with E-state index >= 15 is 0 Å². The van der Waals surface area contributed by atoms with E-state index in [0.29, 0.717) is 17.9 Å². The maximum absolute atomic E-state index is 12.6. The Morgan fingerprint density at radius 2 is 1.65 bits per heavy atom. The molecule has 0 aliphatic heterocycles. The third-order valence-corrected chi connectivity index (χ3v) is 4.01. The quantitative estimate of drug-likeness (QED) is 0.788. The van der Waals surface area contributed by atoms with Crippen LogP contribution in [0.3, 0.4) is 0 Å². The summed E-state index contributed by atoms with van der Waals surface area (Å²) < 4.78 is 5.39. The number of hydrogen-bond acceptors (Lipinski definition) is 2. The topological polar surface area (TPSA) is 38.3 Å². The largest absolute Gasteiger partial charge is 0.496 e. The van der Waals surface area contributed by atoms with Gasteiger partial charge < -0.3 is 10.1 Å². The van der Waals surface area contributed by atoms with Crippen molar-refractivity contribution < 1.29 is 9.53 Å². The number of nitrogens with one attached hydrogen (secondary N) is 1. The standard InChI is InChI=1S/C20H19NO2/c1-14-7-3-4-10-17(14)13-21-20(22)18-11-15-8-5-6-9-16(15)12-19(18)23-2/h3-12H,13H2,1-2H3,(H,21,22). The van der Waals surface area contributed by atoms with Gasteiger partial charge in [0.1, 0.15) is 5.75 Å². The molecule has 0 fully saturated rings. The van der Waals surface area contributed by atoms with Gasteiger partial charge in [-0.05, 0) is 41.0 Å². The van der Waals surface area contributed by atoms with Gasteiger partial charge in [0.15, 0.2) is 0 Å². The monoisotopic (exact) mass is 305 g/mol. The number of amides is 1. The van der Waals surface area contributed by atoms with Crippen molar-refractivity contribution in [3.05, 3.63) is 77.4 Å². The maximum atomic E-state index is 12.6. The molecule has 0 aromatic heterocycles. The van der Waals surface area contributed by atoms with Crippen LogP contribution in [0.25, 0.3) is 10.8 Å². The molecule has 23 heavy (non-hydrogen) atoms. The van der Waals surface area contributed by atoms with Crippen molar-refractivity contribution in [1.29, 1.82) is 0 Å². The van der Waals surface area contributed by atoms with Gasteiger partial charge >= 0.3 is 0 Å². The fourth-order valence-electron chi connectivity index (χ4n) is 2.64. The summed E-state index contributed by atoms with van der Waals surface area (Å²) in [7, 11) is 1.59. The Morgan fingerprint density at radius 3 is 2.35 bits per heavy atom. The lowest BCUT2D eigenvalue weighted by atomic mass is 10.0. The fraction of sp³-hybridized carbons (Fsp3) is 0.150. The van der Waals surface area contributed by atoms with Gasteiger partial charge in [-0.25, -0.2) is 0 Å². The second-order valence-electron chi connectivity index (χ2n) is 5.51. The predicted octanol–water partition coefficient (Wildman–Crippen LogP) is 4.09. The summed E-state index contributed by atoms with van der Waals surface area (Å²) in [6.45, 7) is 2.54. The van der Waals surface area contributed by atoms with Crippen LogP contribution >= 0.6 is 0 Å². The molecule has 0 unspecified atom stereocenters. The summed E-state index contributed by atoms with van der Waals surface area (Å²) in [5.41, 5.74) is 2.83. The normalized spacial score (nSPS) is 10.5. The van der Waals surface area contributed by atoms with E-state index in [2.05, 4.69) is 5.32 Å². The van der Waals surface area contributed by atoms with Crippen molar-refractivity contribution >= 4 is 16.7 Å². The van der Waals surface area contributed by atoms with Crippen molar-refractivity contribution in [2.45, 2.75) is 13.5 Å². The van der Waals surface area contributed by atoms with E-state index < -0.39 is 0 Å². The van der Waals surface area contributed by atoms with Gasteiger partial charge in [0.25, 0.3) is 5.91 Å². The zero-order valence-corrected chi connectivity index (χ0v) is 13.3. The minimum Gasteiger partial charge on any atom is -0.496 e. The Kier molecular flexibility index (Phi) is 4.29. The van der Waals surface area contributed by atoms with E-state index in [1.54, 1.807) is 7.11 Å². The van der Waals surface area contributed by atoms with E-state index in [1.165, 1.54) is 5.56 Å². The third kappa shape index (κ3) is 3.19. The summed E-state index contributed by atoms with van der Waals surface area (Å²) >= 11 is 0. The lowest BCUT2D eigenvalue weighted by Crippen LogP contribution is -2.23. The van der Waals surface area contributed by atoms with Crippen molar-refractivity contribution in [3.63, 3.8) is 0 Å². The van der Waals surface area contributed by atoms with E-state index in [0.717, 1.165) is 16.3 Å². The maximum Gasteiger partial charge on any atom is 0.255 e. The lowest BCUT2D eigenvalue weighted by Gasteiger charge is -2.12. The van der Waals surface area contributed by atoms with Crippen LogP contribution in [0.15, 0.2) is 60.7 Å². The summed E-state index contributed by atoms with van der Waals surface area (Å²) in [6.07, 6.45) is 0. The molecule has 0 spiro atoms. The third-order valence-electron chi connectivity index (χ3n) is 4.01. The first-order valence-electron chi connectivity index (χ1n) is 7.58. The molecule has 0 aliphatic rings. The average molecular weight is 305 g/mol. The highest BCUT2D eigenvalue weighted by atomic mass is 16.5. The molecule has 3 nitrogen and oxygen atoms in total. The Labute approximate surface area is 135 Å². The van der Waals surface area contributed by atoms with Crippen molar-refractivity contribution in [1.82, 2.24) is 5.32 Å². The van der Waals surface area contributed by atoms with Gasteiger partial charge in [-0.2, -0.15) is 0 Å². The molecule has 116 valence electrons. The average Bonchev–Trinajstić information content (AvgIpc) is 2.59. The molecule has 0 radical (unpaired) electrons. The first kappa shape index (κ1) is 15.1. The van der Waals surface area contributed by atoms with Crippen molar-refractivity contribution in [2.75, 3.05) is 7.11 Å². The Balaban J connectivity index is 1.86. The van der Waals surface area contributed by atoms with Gasteiger partial charge in [-0.15, -0.1) is 0 Å². The Bertz CT molecular complexity index is 855. The number of methoxy groups -OCH3 is 1. The molecule has 0 saturated carbocycles.